The molecule has 1 aromatic carbocycles. The van der Waals surface area contributed by atoms with Crippen molar-refractivity contribution in [1.82, 2.24) is 20.1 Å². The van der Waals surface area contributed by atoms with Crippen molar-refractivity contribution in [3.05, 3.63) is 52.0 Å². The summed E-state index contributed by atoms with van der Waals surface area (Å²) in [5.74, 6) is -0.0623. The standard InChI is InChI=1S/C20H24N4O2S/c1-15-22-17(14-27-15)13-23-18(25)20(8-10-21-11-9-20)24(19(23)26)12-7-16-5-3-2-4-6-16/h2-6,14,21H,7-13H2,1H3. The van der Waals surface area contributed by atoms with Gasteiger partial charge in [-0.15, -0.1) is 11.3 Å². The lowest BCUT2D eigenvalue weighted by Gasteiger charge is -2.38. The highest BCUT2D eigenvalue weighted by Crippen LogP contribution is 2.36. The second-order valence-electron chi connectivity index (χ2n) is 7.20. The van der Waals surface area contributed by atoms with E-state index in [1.807, 2.05) is 35.4 Å². The molecule has 7 heteroatoms. The third-order valence-electron chi connectivity index (χ3n) is 5.51. The maximum Gasteiger partial charge on any atom is 0.328 e. The van der Waals surface area contributed by atoms with Gasteiger partial charge in [0.05, 0.1) is 17.2 Å². The zero-order valence-corrected chi connectivity index (χ0v) is 16.3. The number of amides is 3. The topological polar surface area (TPSA) is 65.5 Å². The maximum atomic E-state index is 13.3. The first-order chi connectivity index (χ1) is 13.1. The van der Waals surface area contributed by atoms with Crippen molar-refractivity contribution in [1.29, 1.82) is 0 Å². The van der Waals surface area contributed by atoms with Gasteiger partial charge in [-0.3, -0.25) is 9.69 Å². The molecule has 4 rings (SSSR count). The van der Waals surface area contributed by atoms with Crippen LogP contribution in [-0.2, 0) is 17.8 Å². The Morgan fingerprint density at radius 3 is 2.59 bits per heavy atom. The van der Waals surface area contributed by atoms with Gasteiger partial charge in [-0.25, -0.2) is 9.78 Å². The Bertz CT molecular complexity index is 830. The van der Waals surface area contributed by atoms with Gasteiger partial charge in [0.1, 0.15) is 5.54 Å². The number of carbonyl (C=O) groups excluding carboxylic acids is 2. The monoisotopic (exact) mass is 384 g/mol. The molecule has 0 radical (unpaired) electrons. The van der Waals surface area contributed by atoms with Crippen molar-refractivity contribution in [2.24, 2.45) is 0 Å². The summed E-state index contributed by atoms with van der Waals surface area (Å²) in [4.78, 5) is 34.2. The summed E-state index contributed by atoms with van der Waals surface area (Å²) in [5.41, 5.74) is 1.26. The van der Waals surface area contributed by atoms with Crippen LogP contribution < -0.4 is 5.32 Å². The molecule has 1 N–H and O–H groups in total. The molecule has 2 fully saturated rings. The predicted octanol–water partition coefficient (Wildman–Crippen LogP) is 2.58. The van der Waals surface area contributed by atoms with E-state index in [1.54, 1.807) is 11.3 Å². The molecule has 2 aliphatic rings. The summed E-state index contributed by atoms with van der Waals surface area (Å²) >= 11 is 1.54. The normalized spacial score (nSPS) is 19.3. The van der Waals surface area contributed by atoms with Crippen molar-refractivity contribution < 1.29 is 9.59 Å². The maximum absolute atomic E-state index is 13.3. The summed E-state index contributed by atoms with van der Waals surface area (Å²) in [7, 11) is 0. The lowest BCUT2D eigenvalue weighted by atomic mass is 9.86. The Labute approximate surface area is 163 Å². The largest absolute Gasteiger partial charge is 0.328 e. The van der Waals surface area contributed by atoms with E-state index in [0.29, 0.717) is 19.4 Å². The van der Waals surface area contributed by atoms with E-state index < -0.39 is 5.54 Å². The lowest BCUT2D eigenvalue weighted by molar-refractivity contribution is -0.135. The highest BCUT2D eigenvalue weighted by molar-refractivity contribution is 7.09. The number of nitrogens with zero attached hydrogens (tertiary/aromatic N) is 3. The molecule has 2 saturated heterocycles. The van der Waals surface area contributed by atoms with Gasteiger partial charge in [0, 0.05) is 11.9 Å². The van der Waals surface area contributed by atoms with Crippen molar-refractivity contribution in [2.45, 2.75) is 38.3 Å². The number of piperidine rings is 1. The van der Waals surface area contributed by atoms with Crippen LogP contribution in [0, 0.1) is 6.92 Å². The highest BCUT2D eigenvalue weighted by atomic mass is 32.1. The van der Waals surface area contributed by atoms with Crippen LogP contribution in [0.1, 0.15) is 29.1 Å². The van der Waals surface area contributed by atoms with Crippen LogP contribution in [-0.4, -0.2) is 51.9 Å². The van der Waals surface area contributed by atoms with Crippen molar-refractivity contribution in [3.63, 3.8) is 0 Å². The summed E-state index contributed by atoms with van der Waals surface area (Å²) < 4.78 is 0. The quantitative estimate of drug-likeness (QED) is 0.805. The molecule has 142 valence electrons. The number of aromatic nitrogens is 1. The molecule has 27 heavy (non-hydrogen) atoms. The number of benzene rings is 1. The van der Waals surface area contributed by atoms with Crippen LogP contribution in [0.4, 0.5) is 4.79 Å². The first-order valence-electron chi connectivity index (χ1n) is 9.39. The number of nitrogens with one attached hydrogen (secondary N) is 1. The molecule has 0 unspecified atom stereocenters. The molecule has 1 spiro atoms. The lowest BCUT2D eigenvalue weighted by Crippen LogP contribution is -2.56. The van der Waals surface area contributed by atoms with Gasteiger partial charge in [0.15, 0.2) is 0 Å². The van der Waals surface area contributed by atoms with Crippen LogP contribution in [0.3, 0.4) is 0 Å². The molecule has 3 heterocycles. The molecule has 3 amide bonds. The smallest absolute Gasteiger partial charge is 0.317 e. The van der Waals surface area contributed by atoms with Crippen LogP contribution in [0.15, 0.2) is 35.7 Å². The molecule has 0 saturated carbocycles. The second kappa shape index (κ2) is 7.40. The van der Waals surface area contributed by atoms with Crippen molar-refractivity contribution in [3.8, 4) is 0 Å². The number of hydrogen-bond donors (Lipinski definition) is 1. The zero-order valence-electron chi connectivity index (χ0n) is 15.5. The second-order valence-corrected chi connectivity index (χ2v) is 8.26. The minimum Gasteiger partial charge on any atom is -0.317 e. The van der Waals surface area contributed by atoms with E-state index in [2.05, 4.69) is 22.4 Å². The first-order valence-corrected chi connectivity index (χ1v) is 10.3. The summed E-state index contributed by atoms with van der Waals surface area (Å²) in [6, 6.07) is 9.94. The van der Waals surface area contributed by atoms with E-state index >= 15 is 0 Å². The third kappa shape index (κ3) is 3.37. The molecule has 1 aromatic heterocycles. The fraction of sp³-hybridized carbons (Fsp3) is 0.450. The van der Waals surface area contributed by atoms with Crippen molar-refractivity contribution in [2.75, 3.05) is 19.6 Å². The van der Waals surface area contributed by atoms with Crippen LogP contribution >= 0.6 is 11.3 Å². The summed E-state index contributed by atoms with van der Waals surface area (Å²) in [6.07, 6.45) is 2.08. The molecule has 6 nitrogen and oxygen atoms in total. The molecular formula is C20H24N4O2S. The number of rotatable bonds is 5. The first kappa shape index (κ1) is 18.1. The molecule has 0 aliphatic carbocycles. The van der Waals surface area contributed by atoms with Gasteiger partial charge >= 0.3 is 6.03 Å². The van der Waals surface area contributed by atoms with Crippen LogP contribution in [0.5, 0.6) is 0 Å². The molecule has 2 aromatic rings. The number of urea groups is 1. The van der Waals surface area contributed by atoms with E-state index in [9.17, 15) is 9.59 Å². The summed E-state index contributed by atoms with van der Waals surface area (Å²) in [6.45, 7) is 4.26. The number of carbonyl (C=O) groups is 2. The predicted molar refractivity (Wildman–Crippen MR) is 104 cm³/mol. The third-order valence-corrected chi connectivity index (χ3v) is 6.33. The molecule has 2 aliphatic heterocycles. The minimum atomic E-state index is -0.706. The van der Waals surface area contributed by atoms with Gasteiger partial charge < -0.3 is 10.2 Å². The Balaban J connectivity index is 1.58. The van der Waals surface area contributed by atoms with Gasteiger partial charge in [-0.2, -0.15) is 0 Å². The van der Waals surface area contributed by atoms with E-state index in [0.717, 1.165) is 30.2 Å². The molecule has 0 bridgehead atoms. The zero-order chi connectivity index (χ0) is 18.9. The van der Waals surface area contributed by atoms with Crippen LogP contribution in [0.2, 0.25) is 0 Å². The fourth-order valence-corrected chi connectivity index (χ4v) is 4.69. The van der Waals surface area contributed by atoms with Gasteiger partial charge in [-0.05, 0) is 44.8 Å². The Kier molecular flexibility index (Phi) is 4.97. The number of aryl methyl sites for hydroxylation is 1. The van der Waals surface area contributed by atoms with Crippen molar-refractivity contribution >= 4 is 23.3 Å². The van der Waals surface area contributed by atoms with Gasteiger partial charge in [-0.1, -0.05) is 30.3 Å². The summed E-state index contributed by atoms with van der Waals surface area (Å²) in [5, 5.41) is 6.19. The molecular weight excluding hydrogens is 360 g/mol. The molecule has 0 atom stereocenters. The SMILES string of the molecule is Cc1nc(CN2C(=O)N(CCc3ccccc3)C3(CCNCC3)C2=O)cs1. The average molecular weight is 385 g/mol. The van der Waals surface area contributed by atoms with Crippen LogP contribution in [0.25, 0.3) is 0 Å². The minimum absolute atomic E-state index is 0.0623. The van der Waals surface area contributed by atoms with Gasteiger partial charge in [0.25, 0.3) is 5.91 Å². The average Bonchev–Trinajstić information content (AvgIpc) is 3.18. The number of thiazole rings is 1. The van der Waals surface area contributed by atoms with E-state index in [-0.39, 0.29) is 18.5 Å². The number of hydrogen-bond acceptors (Lipinski definition) is 5. The number of imide groups is 1. The van der Waals surface area contributed by atoms with Gasteiger partial charge in [0.2, 0.25) is 0 Å². The Morgan fingerprint density at radius 1 is 1.19 bits per heavy atom. The Morgan fingerprint density at radius 2 is 1.93 bits per heavy atom. The van der Waals surface area contributed by atoms with E-state index in [1.165, 1.54) is 10.5 Å². The fourth-order valence-electron chi connectivity index (χ4n) is 4.08. The Hall–Kier alpha value is -2.25. The van der Waals surface area contributed by atoms with E-state index in [4.69, 9.17) is 0 Å². The highest BCUT2D eigenvalue weighted by Gasteiger charge is 2.56.